The fourth-order valence-corrected chi connectivity index (χ4v) is 3.71. The second-order valence-corrected chi connectivity index (χ2v) is 7.46. The molecule has 0 fully saturated rings. The molecule has 8 heteroatoms. The Morgan fingerprint density at radius 2 is 2.03 bits per heavy atom. The van der Waals surface area contributed by atoms with E-state index in [0.29, 0.717) is 27.6 Å². The lowest BCUT2D eigenvalue weighted by molar-refractivity contribution is -0.112. The van der Waals surface area contributed by atoms with Gasteiger partial charge in [-0.2, -0.15) is 5.26 Å². The summed E-state index contributed by atoms with van der Waals surface area (Å²) in [5.41, 5.74) is 1.44. The average Bonchev–Trinajstić information content (AvgIpc) is 3.03. The SMILES string of the molecule is C#CCOc1ccc(/C=C(\C#N)C(=O)Nc2sc(C)c(C)c2C(=O)OCC)cc1OC. The highest BCUT2D eigenvalue weighted by atomic mass is 32.1. The summed E-state index contributed by atoms with van der Waals surface area (Å²) < 4.78 is 15.8. The first-order valence-corrected chi connectivity index (χ1v) is 10.1. The molecular weight excluding hydrogens is 416 g/mol. The number of nitrogens with zero attached hydrogens (tertiary/aromatic N) is 1. The Kier molecular flexibility index (Phi) is 8.25. The van der Waals surface area contributed by atoms with Crippen molar-refractivity contribution in [3.8, 4) is 29.9 Å². The molecule has 0 atom stereocenters. The molecule has 0 saturated heterocycles. The van der Waals surface area contributed by atoms with E-state index in [-0.39, 0.29) is 18.8 Å². The third kappa shape index (κ3) is 5.65. The Labute approximate surface area is 185 Å². The molecule has 31 heavy (non-hydrogen) atoms. The molecule has 2 rings (SSSR count). The fraction of sp³-hybridized carbons (Fsp3) is 0.261. The monoisotopic (exact) mass is 438 g/mol. The van der Waals surface area contributed by atoms with Gasteiger partial charge in [0.05, 0.1) is 19.3 Å². The van der Waals surface area contributed by atoms with Crippen LogP contribution in [0, 0.1) is 37.5 Å². The molecule has 0 radical (unpaired) electrons. The summed E-state index contributed by atoms with van der Waals surface area (Å²) in [6.45, 7) is 5.63. The molecule has 0 spiro atoms. The molecule has 0 aliphatic heterocycles. The Hall–Kier alpha value is -3.75. The first kappa shape index (κ1) is 23.5. The maximum Gasteiger partial charge on any atom is 0.341 e. The van der Waals surface area contributed by atoms with Gasteiger partial charge in [-0.3, -0.25) is 4.79 Å². The minimum atomic E-state index is -0.638. The van der Waals surface area contributed by atoms with Crippen molar-refractivity contribution >= 4 is 34.3 Å². The van der Waals surface area contributed by atoms with Crippen LogP contribution < -0.4 is 14.8 Å². The summed E-state index contributed by atoms with van der Waals surface area (Å²) in [7, 11) is 1.47. The number of esters is 1. The van der Waals surface area contributed by atoms with E-state index in [0.717, 1.165) is 10.4 Å². The normalized spacial score (nSPS) is 10.6. The van der Waals surface area contributed by atoms with Gasteiger partial charge >= 0.3 is 5.97 Å². The molecule has 1 amide bonds. The number of carbonyl (C=O) groups excluding carboxylic acids is 2. The van der Waals surface area contributed by atoms with E-state index >= 15 is 0 Å². The predicted octanol–water partition coefficient (Wildman–Crippen LogP) is 4.11. The summed E-state index contributed by atoms with van der Waals surface area (Å²) in [5.74, 6) is 2.07. The van der Waals surface area contributed by atoms with E-state index < -0.39 is 11.9 Å². The van der Waals surface area contributed by atoms with Crippen LogP contribution >= 0.6 is 11.3 Å². The molecule has 160 valence electrons. The minimum Gasteiger partial charge on any atom is -0.493 e. The van der Waals surface area contributed by atoms with Gasteiger partial charge in [0, 0.05) is 4.88 Å². The number of thiophene rings is 1. The zero-order chi connectivity index (χ0) is 23.0. The van der Waals surface area contributed by atoms with Gasteiger partial charge in [-0.05, 0) is 50.1 Å². The summed E-state index contributed by atoms with van der Waals surface area (Å²) in [4.78, 5) is 25.9. The molecule has 1 aromatic heterocycles. The molecule has 0 saturated carbocycles. The predicted molar refractivity (Wildman–Crippen MR) is 119 cm³/mol. The lowest BCUT2D eigenvalue weighted by Gasteiger charge is -2.10. The van der Waals surface area contributed by atoms with Gasteiger partial charge in [-0.25, -0.2) is 4.79 Å². The highest BCUT2D eigenvalue weighted by Crippen LogP contribution is 2.33. The third-order valence-electron chi connectivity index (χ3n) is 4.27. The second-order valence-electron chi connectivity index (χ2n) is 6.23. The minimum absolute atomic E-state index is 0.0832. The number of aryl methyl sites for hydroxylation is 1. The number of methoxy groups -OCH3 is 1. The Morgan fingerprint density at radius 3 is 2.65 bits per heavy atom. The standard InChI is InChI=1S/C23H22N2O5S/c1-6-10-30-18-9-8-16(12-19(18)28-5)11-17(13-24)21(26)25-22-20(23(27)29-7-2)14(3)15(4)31-22/h1,8-9,11-12H,7,10H2,2-5H3,(H,25,26)/b17-11+. The van der Waals surface area contributed by atoms with Gasteiger partial charge in [0.25, 0.3) is 5.91 Å². The maximum absolute atomic E-state index is 12.7. The second kappa shape index (κ2) is 10.9. The molecule has 0 aliphatic carbocycles. The van der Waals surface area contributed by atoms with Crippen molar-refractivity contribution in [2.24, 2.45) is 0 Å². The van der Waals surface area contributed by atoms with Gasteiger partial charge < -0.3 is 19.5 Å². The van der Waals surface area contributed by atoms with Crippen LogP contribution in [-0.4, -0.2) is 32.2 Å². The molecule has 7 nitrogen and oxygen atoms in total. The van der Waals surface area contributed by atoms with E-state index in [9.17, 15) is 14.9 Å². The average molecular weight is 439 g/mol. The van der Waals surface area contributed by atoms with Crippen LogP contribution in [0.25, 0.3) is 6.08 Å². The smallest absolute Gasteiger partial charge is 0.341 e. The number of amides is 1. The summed E-state index contributed by atoms with van der Waals surface area (Å²) >= 11 is 1.25. The van der Waals surface area contributed by atoms with Crippen molar-refractivity contribution in [2.75, 3.05) is 25.6 Å². The molecular formula is C23H22N2O5S. The van der Waals surface area contributed by atoms with Crippen molar-refractivity contribution in [1.82, 2.24) is 0 Å². The number of nitriles is 1. The Balaban J connectivity index is 2.32. The van der Waals surface area contributed by atoms with E-state index in [1.165, 1.54) is 24.5 Å². The van der Waals surface area contributed by atoms with Crippen LogP contribution in [0.4, 0.5) is 5.00 Å². The maximum atomic E-state index is 12.7. The number of hydrogen-bond donors (Lipinski definition) is 1. The highest BCUT2D eigenvalue weighted by molar-refractivity contribution is 7.16. The Bertz CT molecular complexity index is 1100. The summed E-state index contributed by atoms with van der Waals surface area (Å²) in [6.07, 6.45) is 6.62. The molecule has 0 aliphatic rings. The van der Waals surface area contributed by atoms with Gasteiger partial charge in [-0.1, -0.05) is 12.0 Å². The van der Waals surface area contributed by atoms with Gasteiger partial charge in [0.2, 0.25) is 0 Å². The lowest BCUT2D eigenvalue weighted by Crippen LogP contribution is -2.16. The van der Waals surface area contributed by atoms with Crippen molar-refractivity contribution in [1.29, 1.82) is 5.26 Å². The molecule has 0 unspecified atom stereocenters. The zero-order valence-corrected chi connectivity index (χ0v) is 18.5. The van der Waals surface area contributed by atoms with Crippen LogP contribution in [0.2, 0.25) is 0 Å². The van der Waals surface area contributed by atoms with Crippen molar-refractivity contribution in [3.05, 3.63) is 45.3 Å². The number of anilines is 1. The highest BCUT2D eigenvalue weighted by Gasteiger charge is 2.23. The fourth-order valence-electron chi connectivity index (χ4n) is 2.66. The summed E-state index contributed by atoms with van der Waals surface area (Å²) in [5, 5.41) is 12.5. The van der Waals surface area contributed by atoms with Crippen molar-refractivity contribution < 1.29 is 23.8 Å². The number of rotatable bonds is 8. The summed E-state index contributed by atoms with van der Waals surface area (Å²) in [6, 6.07) is 6.82. The number of terminal acetylenes is 1. The van der Waals surface area contributed by atoms with Gasteiger partial charge in [-0.15, -0.1) is 17.8 Å². The molecule has 1 N–H and O–H groups in total. The quantitative estimate of drug-likeness (QED) is 0.288. The van der Waals surface area contributed by atoms with Crippen LogP contribution in [-0.2, 0) is 9.53 Å². The zero-order valence-electron chi connectivity index (χ0n) is 17.7. The van der Waals surface area contributed by atoms with E-state index in [1.54, 1.807) is 32.0 Å². The van der Waals surface area contributed by atoms with Gasteiger partial charge in [0.15, 0.2) is 11.5 Å². The third-order valence-corrected chi connectivity index (χ3v) is 5.39. The van der Waals surface area contributed by atoms with Crippen LogP contribution in [0.3, 0.4) is 0 Å². The van der Waals surface area contributed by atoms with Crippen LogP contribution in [0.15, 0.2) is 23.8 Å². The number of carbonyl (C=O) groups is 2. The van der Waals surface area contributed by atoms with E-state index in [4.69, 9.17) is 20.6 Å². The Morgan fingerprint density at radius 1 is 1.29 bits per heavy atom. The first-order valence-electron chi connectivity index (χ1n) is 9.30. The lowest BCUT2D eigenvalue weighted by atomic mass is 10.1. The number of benzene rings is 1. The van der Waals surface area contributed by atoms with E-state index in [2.05, 4.69) is 11.2 Å². The van der Waals surface area contributed by atoms with Crippen LogP contribution in [0.5, 0.6) is 11.5 Å². The van der Waals surface area contributed by atoms with Crippen LogP contribution in [0.1, 0.15) is 33.3 Å². The molecule has 0 bridgehead atoms. The molecule has 1 heterocycles. The van der Waals surface area contributed by atoms with Gasteiger partial charge in [0.1, 0.15) is 23.3 Å². The first-order chi connectivity index (χ1) is 14.9. The largest absolute Gasteiger partial charge is 0.493 e. The molecule has 2 aromatic rings. The van der Waals surface area contributed by atoms with Crippen molar-refractivity contribution in [2.45, 2.75) is 20.8 Å². The topological polar surface area (TPSA) is 97.7 Å². The number of hydrogen-bond acceptors (Lipinski definition) is 7. The van der Waals surface area contributed by atoms with Crippen molar-refractivity contribution in [3.63, 3.8) is 0 Å². The number of nitrogens with one attached hydrogen (secondary N) is 1. The number of ether oxygens (including phenoxy) is 3. The van der Waals surface area contributed by atoms with E-state index in [1.807, 2.05) is 13.0 Å². The molecule has 1 aromatic carbocycles.